The van der Waals surface area contributed by atoms with Crippen LogP contribution < -0.4 is 15.4 Å². The Labute approximate surface area is 159 Å². The van der Waals surface area contributed by atoms with Crippen molar-refractivity contribution < 1.29 is 18.8 Å². The van der Waals surface area contributed by atoms with Crippen LogP contribution in [-0.4, -0.2) is 40.4 Å². The Morgan fingerprint density at radius 1 is 1.30 bits per heavy atom. The Morgan fingerprint density at radius 3 is 2.74 bits per heavy atom. The molecule has 0 unspecified atom stereocenters. The van der Waals surface area contributed by atoms with Crippen molar-refractivity contribution in [3.05, 3.63) is 28.5 Å². The lowest BCUT2D eigenvalue weighted by Gasteiger charge is -2.05. The Balaban J connectivity index is 1.73. The number of aromatic nitrogens is 3. The van der Waals surface area contributed by atoms with Crippen LogP contribution in [0.3, 0.4) is 0 Å². The smallest absolute Gasteiger partial charge is 0.290 e. The van der Waals surface area contributed by atoms with Gasteiger partial charge in [0.2, 0.25) is 5.76 Å². The number of carbonyl (C=O) groups excluding carboxylic acids is 2. The van der Waals surface area contributed by atoms with E-state index in [1.807, 2.05) is 19.9 Å². The van der Waals surface area contributed by atoms with Gasteiger partial charge in [-0.15, -0.1) is 11.3 Å². The molecule has 0 fully saturated rings. The second kappa shape index (κ2) is 7.78. The van der Waals surface area contributed by atoms with E-state index in [1.165, 1.54) is 24.5 Å². The summed E-state index contributed by atoms with van der Waals surface area (Å²) in [4.78, 5) is 25.9. The Bertz CT molecular complexity index is 971. The predicted molar refractivity (Wildman–Crippen MR) is 100.0 cm³/mol. The minimum atomic E-state index is -0.422. The fourth-order valence-corrected chi connectivity index (χ4v) is 3.46. The van der Waals surface area contributed by atoms with Crippen molar-refractivity contribution in [2.24, 2.45) is 13.0 Å². The molecule has 10 heteroatoms. The highest BCUT2D eigenvalue weighted by atomic mass is 32.1. The second-order valence-corrected chi connectivity index (χ2v) is 7.45. The third kappa shape index (κ3) is 4.11. The average Bonchev–Trinajstić information content (AvgIpc) is 3.34. The van der Waals surface area contributed by atoms with Crippen LogP contribution in [-0.2, 0) is 13.6 Å². The van der Waals surface area contributed by atoms with Gasteiger partial charge in [-0.05, 0) is 17.1 Å². The van der Waals surface area contributed by atoms with Gasteiger partial charge in [0.15, 0.2) is 0 Å². The molecule has 0 aliphatic heterocycles. The fraction of sp³-hybridized carbons (Fsp3) is 0.412. The quantitative estimate of drug-likeness (QED) is 0.637. The Hall–Kier alpha value is -2.88. The third-order valence-corrected chi connectivity index (χ3v) is 5.02. The minimum Gasteiger partial charge on any atom is -0.479 e. The first kappa shape index (κ1) is 18.9. The molecule has 9 nitrogen and oxygen atoms in total. The van der Waals surface area contributed by atoms with Gasteiger partial charge < -0.3 is 19.9 Å². The van der Waals surface area contributed by atoms with Gasteiger partial charge in [0.05, 0.1) is 30.3 Å². The van der Waals surface area contributed by atoms with E-state index in [1.54, 1.807) is 11.7 Å². The van der Waals surface area contributed by atoms with Crippen LogP contribution in [0.25, 0.3) is 10.2 Å². The highest BCUT2D eigenvalue weighted by molar-refractivity contribution is 7.20. The van der Waals surface area contributed by atoms with Crippen molar-refractivity contribution in [1.29, 1.82) is 0 Å². The van der Waals surface area contributed by atoms with Gasteiger partial charge in [-0.25, -0.2) is 0 Å². The van der Waals surface area contributed by atoms with Crippen molar-refractivity contribution in [2.75, 3.05) is 13.7 Å². The van der Waals surface area contributed by atoms with E-state index < -0.39 is 5.91 Å². The third-order valence-electron chi connectivity index (χ3n) is 3.82. The number of carbonyl (C=O) groups is 2. The van der Waals surface area contributed by atoms with Crippen molar-refractivity contribution >= 4 is 33.4 Å². The van der Waals surface area contributed by atoms with Crippen molar-refractivity contribution in [2.45, 2.75) is 20.4 Å². The lowest BCUT2D eigenvalue weighted by atomic mass is 10.2. The molecule has 2 N–H and O–H groups in total. The lowest BCUT2D eigenvalue weighted by molar-refractivity contribution is 0.0911. The summed E-state index contributed by atoms with van der Waals surface area (Å²) in [5, 5.41) is 14.5. The summed E-state index contributed by atoms with van der Waals surface area (Å²) in [7, 11) is 3.25. The monoisotopic (exact) mass is 391 g/mol. The van der Waals surface area contributed by atoms with Crippen molar-refractivity contribution in [3.63, 3.8) is 0 Å². The average molecular weight is 391 g/mol. The van der Waals surface area contributed by atoms with Gasteiger partial charge in [-0.1, -0.05) is 13.8 Å². The van der Waals surface area contributed by atoms with Gasteiger partial charge in [-0.3, -0.25) is 14.3 Å². The normalized spacial score (nSPS) is 11.1. The van der Waals surface area contributed by atoms with Crippen LogP contribution in [0.2, 0.25) is 0 Å². The number of thiophene rings is 1. The fourth-order valence-electron chi connectivity index (χ4n) is 2.45. The molecule has 0 aliphatic rings. The van der Waals surface area contributed by atoms with Crippen molar-refractivity contribution in [3.8, 4) is 5.88 Å². The minimum absolute atomic E-state index is 0.0538. The van der Waals surface area contributed by atoms with E-state index in [-0.39, 0.29) is 24.1 Å². The molecule has 3 aromatic rings. The van der Waals surface area contributed by atoms with E-state index in [0.29, 0.717) is 23.0 Å². The number of amides is 2. The molecule has 2 amide bonds. The molecule has 27 heavy (non-hydrogen) atoms. The zero-order valence-corrected chi connectivity index (χ0v) is 16.3. The molecule has 0 bridgehead atoms. The van der Waals surface area contributed by atoms with E-state index in [9.17, 15) is 9.59 Å². The summed E-state index contributed by atoms with van der Waals surface area (Å²) in [6.45, 7) is 4.90. The summed E-state index contributed by atoms with van der Waals surface area (Å²) in [5.41, 5.74) is 0.673. The first-order valence-corrected chi connectivity index (χ1v) is 9.23. The number of methoxy groups -OCH3 is 1. The molecule has 0 radical (unpaired) electrons. The van der Waals surface area contributed by atoms with Crippen LogP contribution in [0.5, 0.6) is 5.88 Å². The Morgan fingerprint density at radius 2 is 2.07 bits per heavy atom. The maximum Gasteiger partial charge on any atom is 0.290 e. The zero-order chi connectivity index (χ0) is 19.6. The molecule has 0 saturated carbocycles. The number of aryl methyl sites for hydroxylation is 1. The van der Waals surface area contributed by atoms with E-state index in [0.717, 1.165) is 10.2 Å². The van der Waals surface area contributed by atoms with Gasteiger partial charge in [0, 0.05) is 19.0 Å². The maximum absolute atomic E-state index is 12.3. The first-order chi connectivity index (χ1) is 12.9. The lowest BCUT2D eigenvalue weighted by Crippen LogP contribution is -2.26. The van der Waals surface area contributed by atoms with Crippen LogP contribution in [0.4, 0.5) is 0 Å². The van der Waals surface area contributed by atoms with Gasteiger partial charge >= 0.3 is 0 Å². The van der Waals surface area contributed by atoms with Crippen molar-refractivity contribution in [1.82, 2.24) is 25.6 Å². The highest BCUT2D eigenvalue weighted by Crippen LogP contribution is 2.28. The topological polar surface area (TPSA) is 111 Å². The maximum atomic E-state index is 12.3. The molecule has 0 saturated heterocycles. The van der Waals surface area contributed by atoms with Crippen LogP contribution in [0.1, 0.15) is 39.8 Å². The number of nitrogens with zero attached hydrogens (tertiary/aromatic N) is 3. The van der Waals surface area contributed by atoms with Gasteiger partial charge in [0.1, 0.15) is 4.83 Å². The molecule has 0 spiro atoms. The number of nitrogens with one attached hydrogen (secondary N) is 2. The summed E-state index contributed by atoms with van der Waals surface area (Å²) in [5.74, 6) is 0.141. The molecule has 0 aliphatic carbocycles. The van der Waals surface area contributed by atoms with Crippen LogP contribution >= 0.6 is 11.3 Å². The number of fused-ring (bicyclic) bond motifs is 1. The number of rotatable bonds is 7. The molecular weight excluding hydrogens is 370 g/mol. The van der Waals surface area contributed by atoms with Gasteiger partial charge in [0.25, 0.3) is 17.7 Å². The number of hydrogen-bond donors (Lipinski definition) is 2. The molecule has 3 aromatic heterocycles. The summed E-state index contributed by atoms with van der Waals surface area (Å²) in [6.07, 6.45) is 0. The van der Waals surface area contributed by atoms with E-state index in [2.05, 4.69) is 20.9 Å². The van der Waals surface area contributed by atoms with Crippen LogP contribution in [0, 0.1) is 5.92 Å². The first-order valence-electron chi connectivity index (χ1n) is 8.41. The van der Waals surface area contributed by atoms with Gasteiger partial charge in [-0.2, -0.15) is 5.10 Å². The summed E-state index contributed by atoms with van der Waals surface area (Å²) in [6, 6.07) is 3.22. The molecular formula is C17H21N5O4S. The molecule has 3 rings (SSSR count). The van der Waals surface area contributed by atoms with Crippen LogP contribution in [0.15, 0.2) is 16.7 Å². The molecule has 144 valence electrons. The summed E-state index contributed by atoms with van der Waals surface area (Å²) >= 11 is 1.37. The standard InChI is InChI=1S/C17H21N5O4S/c1-9(2)7-18-16(24)13-5-10-11(20-22(3)17(10)27-13)8-19-15(23)12-6-14(25-4)21-26-12/h5-6,9H,7-8H2,1-4H3,(H,18,24)(H,19,23). The second-order valence-electron chi connectivity index (χ2n) is 6.42. The Kier molecular flexibility index (Phi) is 5.45. The molecule has 3 heterocycles. The highest BCUT2D eigenvalue weighted by Gasteiger charge is 2.19. The molecule has 0 aromatic carbocycles. The predicted octanol–water partition coefficient (Wildman–Crippen LogP) is 1.95. The summed E-state index contributed by atoms with van der Waals surface area (Å²) < 4.78 is 11.5. The number of hydrogen-bond acceptors (Lipinski definition) is 7. The zero-order valence-electron chi connectivity index (χ0n) is 15.5. The van der Waals surface area contributed by atoms with E-state index in [4.69, 9.17) is 9.26 Å². The van der Waals surface area contributed by atoms with E-state index >= 15 is 0 Å². The number of ether oxygens (including phenoxy) is 1. The SMILES string of the molecule is COc1cc(C(=O)NCc2nn(C)c3sc(C(=O)NCC(C)C)cc23)on1. The molecule has 0 atom stereocenters. The largest absolute Gasteiger partial charge is 0.479 e.